The topological polar surface area (TPSA) is 29.1 Å². The van der Waals surface area contributed by atoms with Crippen molar-refractivity contribution in [3.05, 3.63) is 35.9 Å². The number of benzene rings is 1. The highest BCUT2D eigenvalue weighted by molar-refractivity contribution is 5.58. The molecule has 1 aliphatic rings. The molecule has 1 aliphatic heterocycles. The lowest BCUT2D eigenvalue weighted by Gasteiger charge is -2.10. The fraction of sp³-hybridized carbons (Fsp3) is 0.364. The van der Waals surface area contributed by atoms with Crippen molar-refractivity contribution in [1.29, 1.82) is 0 Å². The summed E-state index contributed by atoms with van der Waals surface area (Å²) in [5, 5.41) is 3.29. The van der Waals surface area contributed by atoms with Gasteiger partial charge in [-0.3, -0.25) is 0 Å². The minimum Gasteiger partial charge on any atom is -0.302 e. The summed E-state index contributed by atoms with van der Waals surface area (Å²) in [5.74, 6) is 0. The van der Waals surface area contributed by atoms with E-state index in [4.69, 9.17) is 0 Å². The Hall–Kier alpha value is -1.15. The van der Waals surface area contributed by atoms with Gasteiger partial charge in [0, 0.05) is 6.04 Å². The van der Waals surface area contributed by atoms with E-state index in [-0.39, 0.29) is 6.04 Å². The Balaban J connectivity index is 2.08. The van der Waals surface area contributed by atoms with E-state index in [0.717, 1.165) is 19.1 Å². The molecule has 0 amide bonds. The quantitative estimate of drug-likeness (QED) is 0.693. The van der Waals surface area contributed by atoms with Gasteiger partial charge in [-0.15, -0.1) is 0 Å². The second-order valence-electron chi connectivity index (χ2n) is 3.45. The molecule has 1 saturated heterocycles. The summed E-state index contributed by atoms with van der Waals surface area (Å²) in [5.41, 5.74) is 1.28. The highest BCUT2D eigenvalue weighted by Crippen LogP contribution is 2.25. The van der Waals surface area contributed by atoms with E-state index in [1.807, 2.05) is 18.2 Å². The molecule has 2 atom stereocenters. The van der Waals surface area contributed by atoms with Gasteiger partial charge in [0.2, 0.25) is 0 Å². The number of hydrogen-bond donors (Lipinski definition) is 1. The molecule has 1 N–H and O–H groups in total. The van der Waals surface area contributed by atoms with Gasteiger partial charge in [0.25, 0.3) is 0 Å². The first-order chi connectivity index (χ1) is 6.40. The van der Waals surface area contributed by atoms with Crippen LogP contribution in [0, 0.1) is 0 Å². The van der Waals surface area contributed by atoms with Crippen LogP contribution in [0.1, 0.15) is 24.4 Å². The normalized spacial score (nSPS) is 27.4. The average molecular weight is 175 g/mol. The molecule has 0 aliphatic carbocycles. The van der Waals surface area contributed by atoms with Crippen molar-refractivity contribution >= 4 is 6.29 Å². The van der Waals surface area contributed by atoms with Crippen molar-refractivity contribution < 1.29 is 4.79 Å². The molecule has 0 saturated carbocycles. The van der Waals surface area contributed by atoms with Crippen molar-refractivity contribution in [1.82, 2.24) is 5.32 Å². The van der Waals surface area contributed by atoms with Crippen LogP contribution in [-0.2, 0) is 4.79 Å². The van der Waals surface area contributed by atoms with Crippen LogP contribution in [0.15, 0.2) is 30.3 Å². The van der Waals surface area contributed by atoms with Crippen LogP contribution in [0.4, 0.5) is 0 Å². The first-order valence-corrected chi connectivity index (χ1v) is 4.66. The zero-order valence-electron chi connectivity index (χ0n) is 7.44. The molecule has 1 heterocycles. The highest BCUT2D eigenvalue weighted by atomic mass is 16.1. The summed E-state index contributed by atoms with van der Waals surface area (Å²) in [6.45, 7) is 0. The molecule has 0 spiro atoms. The molecule has 2 rings (SSSR count). The van der Waals surface area contributed by atoms with Gasteiger partial charge in [0.05, 0.1) is 6.04 Å². The van der Waals surface area contributed by atoms with Gasteiger partial charge < -0.3 is 10.1 Å². The maximum atomic E-state index is 10.5. The summed E-state index contributed by atoms with van der Waals surface area (Å²) >= 11 is 0. The summed E-state index contributed by atoms with van der Waals surface area (Å²) in [7, 11) is 0. The molecule has 0 radical (unpaired) electrons. The van der Waals surface area contributed by atoms with E-state index in [0.29, 0.717) is 6.04 Å². The molecule has 2 nitrogen and oxygen atoms in total. The number of hydrogen-bond acceptors (Lipinski definition) is 2. The number of carbonyl (C=O) groups is 1. The Morgan fingerprint density at radius 2 is 2.00 bits per heavy atom. The standard InChI is InChI=1S/C11H13NO/c13-8-10-6-7-11(12-10)9-4-2-1-3-5-9/h1-5,8,10-12H,6-7H2/t10?,11-/m0/s1. The van der Waals surface area contributed by atoms with Crippen LogP contribution in [0.5, 0.6) is 0 Å². The Morgan fingerprint density at radius 3 is 2.62 bits per heavy atom. The van der Waals surface area contributed by atoms with Gasteiger partial charge in [-0.2, -0.15) is 0 Å². The van der Waals surface area contributed by atoms with Gasteiger partial charge in [-0.1, -0.05) is 30.3 Å². The molecule has 13 heavy (non-hydrogen) atoms. The molecule has 1 fully saturated rings. The Labute approximate surface area is 78.0 Å². The monoisotopic (exact) mass is 175 g/mol. The Kier molecular flexibility index (Phi) is 2.41. The fourth-order valence-electron chi connectivity index (χ4n) is 1.83. The average Bonchev–Trinajstić information content (AvgIpc) is 2.67. The second-order valence-corrected chi connectivity index (χ2v) is 3.45. The summed E-state index contributed by atoms with van der Waals surface area (Å²) in [4.78, 5) is 10.5. The van der Waals surface area contributed by atoms with Gasteiger partial charge in [-0.05, 0) is 18.4 Å². The van der Waals surface area contributed by atoms with Crippen LogP contribution < -0.4 is 5.32 Å². The minimum atomic E-state index is 0.0604. The van der Waals surface area contributed by atoms with Crippen LogP contribution in [0.2, 0.25) is 0 Å². The largest absolute Gasteiger partial charge is 0.302 e. The van der Waals surface area contributed by atoms with E-state index in [1.54, 1.807) is 0 Å². The molecule has 1 unspecified atom stereocenters. The zero-order chi connectivity index (χ0) is 9.10. The first kappa shape index (κ1) is 8.45. The maximum absolute atomic E-state index is 10.5. The number of carbonyl (C=O) groups excluding carboxylic acids is 1. The summed E-state index contributed by atoms with van der Waals surface area (Å²) < 4.78 is 0. The van der Waals surface area contributed by atoms with E-state index in [1.165, 1.54) is 5.56 Å². The van der Waals surface area contributed by atoms with Crippen molar-refractivity contribution in [2.45, 2.75) is 24.9 Å². The van der Waals surface area contributed by atoms with E-state index < -0.39 is 0 Å². The zero-order valence-corrected chi connectivity index (χ0v) is 7.44. The van der Waals surface area contributed by atoms with Crippen LogP contribution in [-0.4, -0.2) is 12.3 Å². The van der Waals surface area contributed by atoms with Gasteiger partial charge >= 0.3 is 0 Å². The lowest BCUT2D eigenvalue weighted by molar-refractivity contribution is -0.109. The lowest BCUT2D eigenvalue weighted by atomic mass is 10.1. The smallest absolute Gasteiger partial charge is 0.136 e. The number of aldehydes is 1. The third kappa shape index (κ3) is 1.78. The van der Waals surface area contributed by atoms with Crippen LogP contribution in [0.25, 0.3) is 0 Å². The van der Waals surface area contributed by atoms with E-state index in [2.05, 4.69) is 17.4 Å². The van der Waals surface area contributed by atoms with E-state index in [9.17, 15) is 4.79 Å². The van der Waals surface area contributed by atoms with E-state index >= 15 is 0 Å². The fourth-order valence-corrected chi connectivity index (χ4v) is 1.83. The van der Waals surface area contributed by atoms with Crippen LogP contribution >= 0.6 is 0 Å². The molecule has 0 bridgehead atoms. The Bertz CT molecular complexity index is 283. The predicted molar refractivity (Wildman–Crippen MR) is 51.4 cm³/mol. The summed E-state index contributed by atoms with van der Waals surface area (Å²) in [6.07, 6.45) is 3.03. The summed E-state index contributed by atoms with van der Waals surface area (Å²) in [6, 6.07) is 10.7. The van der Waals surface area contributed by atoms with Gasteiger partial charge in [0.15, 0.2) is 0 Å². The van der Waals surface area contributed by atoms with Crippen LogP contribution in [0.3, 0.4) is 0 Å². The maximum Gasteiger partial charge on any atom is 0.136 e. The van der Waals surface area contributed by atoms with Crippen molar-refractivity contribution in [3.63, 3.8) is 0 Å². The lowest BCUT2D eigenvalue weighted by Crippen LogP contribution is -2.25. The molecule has 1 aromatic rings. The van der Waals surface area contributed by atoms with Gasteiger partial charge in [-0.25, -0.2) is 0 Å². The van der Waals surface area contributed by atoms with Crippen molar-refractivity contribution in [2.24, 2.45) is 0 Å². The Morgan fingerprint density at radius 1 is 1.23 bits per heavy atom. The third-order valence-electron chi connectivity index (χ3n) is 2.55. The number of nitrogens with one attached hydrogen (secondary N) is 1. The molecular formula is C11H13NO. The highest BCUT2D eigenvalue weighted by Gasteiger charge is 2.23. The second kappa shape index (κ2) is 3.71. The number of rotatable bonds is 2. The minimum absolute atomic E-state index is 0.0604. The van der Waals surface area contributed by atoms with Crippen molar-refractivity contribution in [3.8, 4) is 0 Å². The molecule has 1 aromatic carbocycles. The third-order valence-corrected chi connectivity index (χ3v) is 2.55. The molecule has 68 valence electrons. The molecular weight excluding hydrogens is 162 g/mol. The molecule has 2 heteroatoms. The predicted octanol–water partition coefficient (Wildman–Crippen LogP) is 1.68. The first-order valence-electron chi connectivity index (χ1n) is 4.66. The van der Waals surface area contributed by atoms with Crippen molar-refractivity contribution in [2.75, 3.05) is 0 Å². The molecule has 0 aromatic heterocycles. The van der Waals surface area contributed by atoms with Gasteiger partial charge in [0.1, 0.15) is 6.29 Å². The SMILES string of the molecule is O=CC1CC[C@@H](c2ccccc2)N1.